The first-order valence-corrected chi connectivity index (χ1v) is 5.13. The highest BCUT2D eigenvalue weighted by Gasteiger charge is 2.10. The van der Waals surface area contributed by atoms with E-state index in [1.807, 2.05) is 0 Å². The van der Waals surface area contributed by atoms with Crippen LogP contribution in [0, 0.1) is 0 Å². The summed E-state index contributed by atoms with van der Waals surface area (Å²) >= 11 is 0. The van der Waals surface area contributed by atoms with E-state index in [4.69, 9.17) is 9.47 Å². The first kappa shape index (κ1) is 11.6. The summed E-state index contributed by atoms with van der Waals surface area (Å²) in [5.41, 5.74) is 0. The van der Waals surface area contributed by atoms with Crippen LogP contribution < -0.4 is 0 Å². The quantitative estimate of drug-likeness (QED) is 0.620. The van der Waals surface area contributed by atoms with Crippen molar-refractivity contribution in [1.29, 1.82) is 0 Å². The van der Waals surface area contributed by atoms with Gasteiger partial charge in [-0.3, -0.25) is 9.69 Å². The Hall–Kier alpha value is -0.450. The van der Waals surface area contributed by atoms with E-state index in [9.17, 15) is 4.79 Å². The molecule has 0 aliphatic carbocycles. The zero-order valence-corrected chi connectivity index (χ0v) is 8.83. The molecule has 14 heavy (non-hydrogen) atoms. The highest BCUT2D eigenvalue weighted by atomic mass is 16.5. The van der Waals surface area contributed by atoms with Crippen LogP contribution >= 0.6 is 0 Å². The van der Waals surface area contributed by atoms with Gasteiger partial charge in [-0.15, -0.1) is 0 Å². The van der Waals surface area contributed by atoms with Crippen molar-refractivity contribution in [3.63, 3.8) is 0 Å². The van der Waals surface area contributed by atoms with Crippen molar-refractivity contribution in [2.24, 2.45) is 0 Å². The Morgan fingerprint density at radius 2 is 2.14 bits per heavy atom. The third-order valence-corrected chi connectivity index (χ3v) is 2.34. The molecule has 0 unspecified atom stereocenters. The standard InChI is InChI=1S/C10H19NO3/c1-13-9-10(12)3-2-4-11-5-7-14-8-6-11/h2-9H2,1H3. The molecule has 1 aliphatic heterocycles. The number of morpholine rings is 1. The fourth-order valence-electron chi connectivity index (χ4n) is 1.56. The van der Waals surface area contributed by atoms with Crippen LogP contribution in [0.2, 0.25) is 0 Å². The van der Waals surface area contributed by atoms with Crippen LogP contribution in [-0.2, 0) is 14.3 Å². The number of hydrogen-bond acceptors (Lipinski definition) is 4. The second-order valence-corrected chi connectivity index (χ2v) is 3.53. The lowest BCUT2D eigenvalue weighted by atomic mass is 10.2. The Bertz CT molecular complexity index is 167. The van der Waals surface area contributed by atoms with Crippen molar-refractivity contribution >= 4 is 5.78 Å². The number of rotatable bonds is 6. The van der Waals surface area contributed by atoms with Gasteiger partial charge in [-0.25, -0.2) is 0 Å². The predicted molar refractivity (Wildman–Crippen MR) is 53.4 cm³/mol. The molecule has 82 valence electrons. The normalized spacial score (nSPS) is 18.4. The van der Waals surface area contributed by atoms with E-state index in [2.05, 4.69) is 4.90 Å². The molecule has 0 radical (unpaired) electrons. The van der Waals surface area contributed by atoms with Crippen molar-refractivity contribution in [2.75, 3.05) is 46.6 Å². The summed E-state index contributed by atoms with van der Waals surface area (Å²) in [6.07, 6.45) is 1.56. The molecular formula is C10H19NO3. The van der Waals surface area contributed by atoms with Crippen molar-refractivity contribution in [2.45, 2.75) is 12.8 Å². The van der Waals surface area contributed by atoms with E-state index >= 15 is 0 Å². The second-order valence-electron chi connectivity index (χ2n) is 3.53. The number of methoxy groups -OCH3 is 1. The lowest BCUT2D eigenvalue weighted by molar-refractivity contribution is -0.122. The summed E-state index contributed by atoms with van der Waals surface area (Å²) in [6.45, 7) is 4.90. The molecule has 1 heterocycles. The van der Waals surface area contributed by atoms with Gasteiger partial charge < -0.3 is 9.47 Å². The van der Waals surface area contributed by atoms with Gasteiger partial charge in [0.2, 0.25) is 0 Å². The minimum atomic E-state index is 0.195. The van der Waals surface area contributed by atoms with Crippen LogP contribution in [0.15, 0.2) is 0 Å². The van der Waals surface area contributed by atoms with E-state index in [1.165, 1.54) is 0 Å². The Kier molecular flexibility index (Phi) is 5.75. The van der Waals surface area contributed by atoms with Crippen molar-refractivity contribution in [3.8, 4) is 0 Å². The average molecular weight is 201 g/mol. The minimum absolute atomic E-state index is 0.195. The molecule has 0 aromatic rings. The first-order chi connectivity index (χ1) is 6.83. The van der Waals surface area contributed by atoms with E-state index in [0.29, 0.717) is 6.42 Å². The number of ketones is 1. The Morgan fingerprint density at radius 1 is 1.43 bits per heavy atom. The smallest absolute Gasteiger partial charge is 0.158 e. The summed E-state index contributed by atoms with van der Waals surface area (Å²) in [4.78, 5) is 13.5. The lowest BCUT2D eigenvalue weighted by Crippen LogP contribution is -2.37. The molecule has 0 N–H and O–H groups in total. The van der Waals surface area contributed by atoms with Gasteiger partial charge in [0.15, 0.2) is 5.78 Å². The van der Waals surface area contributed by atoms with Gasteiger partial charge in [-0.05, 0) is 13.0 Å². The minimum Gasteiger partial charge on any atom is -0.379 e. The molecule has 0 aromatic heterocycles. The molecule has 1 rings (SSSR count). The molecule has 0 saturated carbocycles. The molecule has 0 bridgehead atoms. The third-order valence-electron chi connectivity index (χ3n) is 2.34. The Morgan fingerprint density at radius 3 is 2.79 bits per heavy atom. The SMILES string of the molecule is COCC(=O)CCCN1CCOCC1. The van der Waals surface area contributed by atoms with Gasteiger partial charge in [-0.2, -0.15) is 0 Å². The molecule has 1 aliphatic rings. The van der Waals surface area contributed by atoms with Gasteiger partial charge in [0.1, 0.15) is 6.61 Å². The number of carbonyl (C=O) groups excluding carboxylic acids is 1. The molecule has 4 heteroatoms. The van der Waals surface area contributed by atoms with Gasteiger partial charge in [0.05, 0.1) is 13.2 Å². The largest absolute Gasteiger partial charge is 0.379 e. The monoisotopic (exact) mass is 201 g/mol. The average Bonchev–Trinajstić information content (AvgIpc) is 2.20. The summed E-state index contributed by atoms with van der Waals surface area (Å²) in [5, 5.41) is 0. The summed E-state index contributed by atoms with van der Waals surface area (Å²) in [5.74, 6) is 0.195. The zero-order chi connectivity index (χ0) is 10.2. The Balaban J connectivity index is 1.99. The predicted octanol–water partition coefficient (Wildman–Crippen LogP) is 0.314. The van der Waals surface area contributed by atoms with Crippen molar-refractivity contribution in [3.05, 3.63) is 0 Å². The second kappa shape index (κ2) is 6.92. The van der Waals surface area contributed by atoms with Gasteiger partial charge in [0, 0.05) is 26.6 Å². The van der Waals surface area contributed by atoms with Crippen LogP contribution in [0.25, 0.3) is 0 Å². The maximum Gasteiger partial charge on any atom is 0.158 e. The van der Waals surface area contributed by atoms with Crippen LogP contribution in [0.5, 0.6) is 0 Å². The lowest BCUT2D eigenvalue weighted by Gasteiger charge is -2.26. The van der Waals surface area contributed by atoms with Gasteiger partial charge in [0.25, 0.3) is 0 Å². The zero-order valence-electron chi connectivity index (χ0n) is 8.83. The van der Waals surface area contributed by atoms with Crippen molar-refractivity contribution < 1.29 is 14.3 Å². The van der Waals surface area contributed by atoms with E-state index in [0.717, 1.165) is 39.3 Å². The molecule has 4 nitrogen and oxygen atoms in total. The van der Waals surface area contributed by atoms with Gasteiger partial charge in [-0.1, -0.05) is 0 Å². The number of nitrogens with zero attached hydrogens (tertiary/aromatic N) is 1. The topological polar surface area (TPSA) is 38.8 Å². The first-order valence-electron chi connectivity index (χ1n) is 5.13. The molecule has 0 amide bonds. The molecular weight excluding hydrogens is 182 g/mol. The summed E-state index contributed by atoms with van der Waals surface area (Å²) < 4.78 is 10.0. The van der Waals surface area contributed by atoms with Crippen LogP contribution in [-0.4, -0.2) is 57.2 Å². The fraction of sp³-hybridized carbons (Fsp3) is 0.900. The summed E-state index contributed by atoms with van der Waals surface area (Å²) in [7, 11) is 1.56. The fourth-order valence-corrected chi connectivity index (χ4v) is 1.56. The van der Waals surface area contributed by atoms with E-state index in [-0.39, 0.29) is 12.4 Å². The maximum absolute atomic E-state index is 11.1. The van der Waals surface area contributed by atoms with E-state index in [1.54, 1.807) is 7.11 Å². The van der Waals surface area contributed by atoms with Gasteiger partial charge >= 0.3 is 0 Å². The van der Waals surface area contributed by atoms with E-state index < -0.39 is 0 Å². The van der Waals surface area contributed by atoms with Crippen LogP contribution in [0.4, 0.5) is 0 Å². The summed E-state index contributed by atoms with van der Waals surface area (Å²) in [6, 6.07) is 0. The number of Topliss-reactive ketones (excluding diaryl/α,β-unsaturated/α-hetero) is 1. The molecule has 0 spiro atoms. The number of hydrogen-bond donors (Lipinski definition) is 0. The third kappa shape index (κ3) is 4.69. The molecule has 1 saturated heterocycles. The highest BCUT2D eigenvalue weighted by Crippen LogP contribution is 2.00. The Labute approximate surface area is 85.2 Å². The van der Waals surface area contributed by atoms with Crippen LogP contribution in [0.1, 0.15) is 12.8 Å². The molecule has 0 atom stereocenters. The maximum atomic E-state index is 11.1. The highest BCUT2D eigenvalue weighted by molar-refractivity contribution is 5.79. The molecule has 0 aromatic carbocycles. The molecule has 1 fully saturated rings. The van der Waals surface area contributed by atoms with Crippen molar-refractivity contribution in [1.82, 2.24) is 4.90 Å². The number of carbonyl (C=O) groups is 1. The number of ether oxygens (including phenoxy) is 2. The van der Waals surface area contributed by atoms with Crippen LogP contribution in [0.3, 0.4) is 0 Å².